The average molecular weight is 1100 g/mol. The molecule has 13 aromatic rings. The molecule has 0 saturated carbocycles. The van der Waals surface area contributed by atoms with E-state index in [9.17, 15) is 5.11 Å². The molecule has 416 valence electrons. The highest BCUT2D eigenvalue weighted by Crippen LogP contribution is 2.54. The van der Waals surface area contributed by atoms with Crippen molar-refractivity contribution in [1.82, 2.24) is 0 Å². The first-order valence-electron chi connectivity index (χ1n) is 29.9. The van der Waals surface area contributed by atoms with Crippen LogP contribution in [-0.4, -0.2) is 5.11 Å². The van der Waals surface area contributed by atoms with Gasteiger partial charge in [0.2, 0.25) is 0 Å². The Bertz CT molecular complexity index is 4690. The maximum atomic E-state index is 13.1. The number of hydrogen-bond acceptors (Lipinski definition) is 4. The maximum Gasteiger partial charge on any atom is 0.159 e. The molecule has 0 radical (unpaired) electrons. The van der Waals surface area contributed by atoms with E-state index in [0.717, 1.165) is 83.4 Å². The van der Waals surface area contributed by atoms with Gasteiger partial charge in [0.1, 0.15) is 11.3 Å². The lowest BCUT2D eigenvalue weighted by Crippen LogP contribution is -2.16. The number of rotatable bonds is 11. The van der Waals surface area contributed by atoms with Crippen LogP contribution in [0.5, 0.6) is 5.75 Å². The van der Waals surface area contributed by atoms with Crippen LogP contribution in [0.3, 0.4) is 0 Å². The Hall–Kier alpha value is -9.12. The van der Waals surface area contributed by atoms with Crippen molar-refractivity contribution in [3.63, 3.8) is 0 Å². The van der Waals surface area contributed by atoms with Crippen molar-refractivity contribution in [3.05, 3.63) is 246 Å². The van der Waals surface area contributed by atoms with E-state index < -0.39 is 0 Å². The molecule has 4 nitrogen and oxygen atoms in total. The molecule has 0 aliphatic rings. The molecule has 12 aromatic carbocycles. The number of anilines is 6. The summed E-state index contributed by atoms with van der Waals surface area (Å²) in [6.45, 7) is 27.3. The molecule has 0 unspecified atom stereocenters. The number of aryl methyl sites for hydroxylation is 2. The molecular formula is C80H74N2O2. The second-order valence-electron chi connectivity index (χ2n) is 25.9. The second kappa shape index (κ2) is 20.6. The third kappa shape index (κ3) is 9.15. The summed E-state index contributed by atoms with van der Waals surface area (Å²) in [5.41, 5.74) is 21.0. The van der Waals surface area contributed by atoms with E-state index in [2.05, 4.69) is 305 Å². The van der Waals surface area contributed by atoms with Gasteiger partial charge in [0.25, 0.3) is 0 Å². The van der Waals surface area contributed by atoms with Gasteiger partial charge in [-0.15, -0.1) is 0 Å². The van der Waals surface area contributed by atoms with Crippen LogP contribution in [0.4, 0.5) is 34.1 Å². The number of para-hydroxylation sites is 3. The van der Waals surface area contributed by atoms with Crippen LogP contribution in [0.15, 0.2) is 217 Å². The molecule has 84 heavy (non-hydrogen) atoms. The van der Waals surface area contributed by atoms with Gasteiger partial charge < -0.3 is 19.3 Å². The van der Waals surface area contributed by atoms with Gasteiger partial charge in [-0.2, -0.15) is 0 Å². The van der Waals surface area contributed by atoms with E-state index in [-0.39, 0.29) is 28.4 Å². The van der Waals surface area contributed by atoms with Crippen molar-refractivity contribution in [1.29, 1.82) is 0 Å². The van der Waals surface area contributed by atoms with E-state index in [1.54, 1.807) is 0 Å². The molecule has 0 amide bonds. The van der Waals surface area contributed by atoms with Gasteiger partial charge in [-0.3, -0.25) is 0 Å². The van der Waals surface area contributed by atoms with Crippen molar-refractivity contribution in [3.8, 4) is 39.1 Å². The maximum absolute atomic E-state index is 13.1. The second-order valence-corrected chi connectivity index (χ2v) is 25.9. The lowest BCUT2D eigenvalue weighted by atomic mass is 9.83. The summed E-state index contributed by atoms with van der Waals surface area (Å²) in [4.78, 5) is 4.82. The fourth-order valence-corrected chi connectivity index (χ4v) is 13.1. The first-order chi connectivity index (χ1) is 40.3. The zero-order valence-electron chi connectivity index (χ0n) is 50.6. The molecule has 0 aliphatic heterocycles. The summed E-state index contributed by atoms with van der Waals surface area (Å²) in [5.74, 6) is 0.566. The first kappa shape index (κ1) is 54.1. The van der Waals surface area contributed by atoms with E-state index in [0.29, 0.717) is 5.69 Å². The Kier molecular flexibility index (Phi) is 13.3. The van der Waals surface area contributed by atoms with E-state index in [1.807, 2.05) is 0 Å². The smallest absolute Gasteiger partial charge is 0.159 e. The molecule has 0 spiro atoms. The van der Waals surface area contributed by atoms with Crippen LogP contribution in [0.1, 0.15) is 114 Å². The molecule has 0 atom stereocenters. The summed E-state index contributed by atoms with van der Waals surface area (Å²) in [5, 5.41) is 22.5. The topological polar surface area (TPSA) is 39.9 Å². The summed E-state index contributed by atoms with van der Waals surface area (Å²) < 4.78 is 7.36. The Morgan fingerprint density at radius 1 is 0.357 bits per heavy atom. The number of fused-ring (bicyclic) bond motifs is 3. The quantitative estimate of drug-likeness (QED) is 0.131. The number of aromatic hydroxyl groups is 1. The van der Waals surface area contributed by atoms with Crippen molar-refractivity contribution in [2.45, 2.75) is 106 Å². The van der Waals surface area contributed by atoms with Crippen LogP contribution in [0.25, 0.3) is 87.6 Å². The average Bonchev–Trinajstić information content (AvgIpc) is 0.827. The molecular weight excluding hydrogens is 1020 g/mol. The molecule has 0 aliphatic carbocycles. The third-order valence-electron chi connectivity index (χ3n) is 17.7. The fraction of sp³-hybridized carbons (Fsp3) is 0.200. The van der Waals surface area contributed by atoms with Crippen LogP contribution in [0.2, 0.25) is 0 Å². The molecule has 1 aromatic heterocycles. The van der Waals surface area contributed by atoms with Crippen LogP contribution >= 0.6 is 0 Å². The van der Waals surface area contributed by atoms with Gasteiger partial charge in [0, 0.05) is 44.0 Å². The Morgan fingerprint density at radius 3 is 1.33 bits per heavy atom. The third-order valence-corrected chi connectivity index (χ3v) is 17.7. The summed E-state index contributed by atoms with van der Waals surface area (Å²) in [7, 11) is 0. The highest BCUT2D eigenvalue weighted by Gasteiger charge is 2.30. The zero-order valence-corrected chi connectivity index (χ0v) is 50.6. The normalized spacial score (nSPS) is 12.3. The Labute approximate surface area is 495 Å². The van der Waals surface area contributed by atoms with Crippen molar-refractivity contribution in [2.24, 2.45) is 0 Å². The minimum atomic E-state index is -0.134. The molecule has 0 bridgehead atoms. The lowest BCUT2D eigenvalue weighted by molar-refractivity contribution is 0.478. The molecule has 1 N–H and O–H groups in total. The van der Waals surface area contributed by atoms with Crippen molar-refractivity contribution < 1.29 is 9.52 Å². The molecule has 13 rings (SSSR count). The highest BCUT2D eigenvalue weighted by molar-refractivity contribution is 6.30. The fourth-order valence-electron chi connectivity index (χ4n) is 13.1. The molecule has 4 heteroatoms. The Morgan fingerprint density at radius 2 is 0.786 bits per heavy atom. The van der Waals surface area contributed by atoms with Gasteiger partial charge in [0.05, 0.1) is 22.7 Å². The monoisotopic (exact) mass is 1090 g/mol. The van der Waals surface area contributed by atoms with E-state index in [4.69, 9.17) is 4.42 Å². The SMILES string of the molecule is Cc1ccccc1-c1cccc(-c2cccc(N(c3cccc(C(C)(C)C)c3)c3cc(C(C)C)c4ccc5c(N(c6cccc(C(C)(C)C)c6)c6cccc7c6oc6c(-c8ccccc8C)cccc67)cc(C(C)C)c6ccc3c4c65)c2O)c1. The minimum absolute atomic E-state index is 0.109. The number of furan rings is 1. The number of phenols is 1. The van der Waals surface area contributed by atoms with E-state index in [1.165, 1.54) is 66.1 Å². The van der Waals surface area contributed by atoms with Gasteiger partial charge in [-0.05, 0) is 168 Å². The predicted octanol–water partition coefficient (Wildman–Crippen LogP) is 23.6. The summed E-state index contributed by atoms with van der Waals surface area (Å²) >= 11 is 0. The molecule has 0 fully saturated rings. The minimum Gasteiger partial charge on any atom is -0.505 e. The first-order valence-corrected chi connectivity index (χ1v) is 29.9. The van der Waals surface area contributed by atoms with Gasteiger partial charge in [0.15, 0.2) is 5.58 Å². The standard InChI is InChI=1S/C80H74N2O2/c1-48(2)68-46-72(81(56-29-18-27-54(44-56)79(7,8)9)70-37-21-33-60(76(70)83)53-26-17-25-52(43-53)58-31-15-13-23-50(58)5)66-41-39-62-69(49(3)4)47-73(67-42-40-61(68)74(66)75(62)67)82(57-30-19-28-55(45-57)80(10,11)12)71-38-22-36-65-64-35-20-34-63(77(64)84-78(65)71)59-32-16-14-24-51(59)6/h13-49,83H,1-12H3. The highest BCUT2D eigenvalue weighted by atomic mass is 16.3. The van der Waals surface area contributed by atoms with E-state index >= 15 is 0 Å². The van der Waals surface area contributed by atoms with Crippen LogP contribution in [-0.2, 0) is 10.8 Å². The number of phenolic OH excluding ortho intramolecular Hbond substituents is 1. The van der Waals surface area contributed by atoms with Gasteiger partial charge >= 0.3 is 0 Å². The van der Waals surface area contributed by atoms with Crippen LogP contribution in [0, 0.1) is 13.8 Å². The summed E-state index contributed by atoms with van der Waals surface area (Å²) in [6.07, 6.45) is 0. The molecule has 1 heterocycles. The van der Waals surface area contributed by atoms with Gasteiger partial charge in [-0.25, -0.2) is 0 Å². The molecule has 0 saturated heterocycles. The summed E-state index contributed by atoms with van der Waals surface area (Å²) in [6, 6.07) is 77.5. The zero-order chi connectivity index (χ0) is 58.5. The van der Waals surface area contributed by atoms with Crippen LogP contribution < -0.4 is 9.80 Å². The largest absolute Gasteiger partial charge is 0.505 e. The van der Waals surface area contributed by atoms with Crippen molar-refractivity contribution in [2.75, 3.05) is 9.80 Å². The Balaban J connectivity index is 1.11. The van der Waals surface area contributed by atoms with Crippen molar-refractivity contribution >= 4 is 88.4 Å². The predicted molar refractivity (Wildman–Crippen MR) is 360 cm³/mol. The number of nitrogens with zero attached hydrogens (tertiary/aromatic N) is 2. The number of benzene rings is 12. The lowest BCUT2D eigenvalue weighted by Gasteiger charge is -2.33. The van der Waals surface area contributed by atoms with Gasteiger partial charge in [-0.1, -0.05) is 227 Å². The number of hydrogen-bond donors (Lipinski definition) is 1.